The van der Waals surface area contributed by atoms with Crippen molar-refractivity contribution in [3.8, 4) is 0 Å². The first-order valence-electron chi connectivity index (χ1n) is 4.40. The molecular weight excluding hydrogens is 168 g/mol. The molecular formula is C9H16N2S. The van der Waals surface area contributed by atoms with E-state index in [1.807, 2.05) is 12.4 Å². The highest BCUT2D eigenvalue weighted by Gasteiger charge is 2.21. The van der Waals surface area contributed by atoms with Crippen LogP contribution in [0.4, 0.5) is 0 Å². The molecule has 0 radical (unpaired) electrons. The third-order valence-corrected chi connectivity index (χ3v) is 3.07. The summed E-state index contributed by atoms with van der Waals surface area (Å²) in [4.78, 5) is 3.02. The molecule has 0 unspecified atom stereocenters. The van der Waals surface area contributed by atoms with Gasteiger partial charge in [0.15, 0.2) is 4.77 Å². The molecule has 0 atom stereocenters. The molecule has 12 heavy (non-hydrogen) atoms. The van der Waals surface area contributed by atoms with E-state index in [0.29, 0.717) is 0 Å². The molecule has 1 heterocycles. The van der Waals surface area contributed by atoms with Gasteiger partial charge in [-0.25, -0.2) is 0 Å². The molecule has 1 aromatic heterocycles. The molecule has 2 nitrogen and oxygen atoms in total. The highest BCUT2D eigenvalue weighted by molar-refractivity contribution is 7.71. The Hall–Kier alpha value is -0.570. The second kappa shape index (κ2) is 3.44. The molecule has 1 rings (SSSR count). The largest absolute Gasteiger partial charge is 0.337 e. The quantitative estimate of drug-likeness (QED) is 0.716. The third kappa shape index (κ3) is 1.46. The number of hydrogen-bond acceptors (Lipinski definition) is 1. The number of aromatic nitrogens is 2. The number of rotatable bonds is 3. The molecule has 0 fully saturated rings. The SMILES string of the molecule is CCC(C)(CC)n1cc[nH]c1=S. The average molecular weight is 184 g/mol. The Balaban J connectivity index is 3.11. The lowest BCUT2D eigenvalue weighted by Gasteiger charge is -2.28. The Morgan fingerprint density at radius 2 is 2.08 bits per heavy atom. The molecule has 0 saturated carbocycles. The van der Waals surface area contributed by atoms with Crippen molar-refractivity contribution in [1.82, 2.24) is 9.55 Å². The summed E-state index contributed by atoms with van der Waals surface area (Å²) in [6.45, 7) is 6.62. The molecule has 0 aliphatic carbocycles. The zero-order valence-corrected chi connectivity index (χ0v) is 8.74. The van der Waals surface area contributed by atoms with Gasteiger partial charge in [-0.1, -0.05) is 13.8 Å². The van der Waals surface area contributed by atoms with Crippen LogP contribution in [0.1, 0.15) is 33.6 Å². The molecule has 0 spiro atoms. The Kier molecular flexibility index (Phi) is 2.73. The van der Waals surface area contributed by atoms with Crippen LogP contribution in [0.15, 0.2) is 12.4 Å². The minimum atomic E-state index is 0.178. The van der Waals surface area contributed by atoms with E-state index in [0.717, 1.165) is 17.6 Å². The van der Waals surface area contributed by atoms with Crippen molar-refractivity contribution in [2.75, 3.05) is 0 Å². The summed E-state index contributed by atoms with van der Waals surface area (Å²) in [5.41, 5.74) is 0.178. The molecule has 0 bridgehead atoms. The van der Waals surface area contributed by atoms with E-state index in [-0.39, 0.29) is 5.54 Å². The first-order chi connectivity index (χ1) is 5.64. The predicted octanol–water partition coefficient (Wildman–Crippen LogP) is 3.08. The van der Waals surface area contributed by atoms with Gasteiger partial charge in [-0.15, -0.1) is 0 Å². The van der Waals surface area contributed by atoms with E-state index in [4.69, 9.17) is 12.2 Å². The number of imidazole rings is 1. The second-order valence-electron chi connectivity index (χ2n) is 3.34. The van der Waals surface area contributed by atoms with Crippen LogP contribution < -0.4 is 0 Å². The standard InChI is InChI=1S/C9H16N2S/c1-4-9(3,5-2)11-7-6-10-8(11)12/h6-7H,4-5H2,1-3H3,(H,10,12). The molecule has 0 aromatic carbocycles. The summed E-state index contributed by atoms with van der Waals surface area (Å²) < 4.78 is 2.96. The van der Waals surface area contributed by atoms with E-state index in [9.17, 15) is 0 Å². The smallest absolute Gasteiger partial charge is 0.177 e. The Morgan fingerprint density at radius 3 is 2.42 bits per heavy atom. The summed E-state index contributed by atoms with van der Waals surface area (Å²) in [7, 11) is 0. The van der Waals surface area contributed by atoms with Gasteiger partial charge in [0.1, 0.15) is 0 Å². The van der Waals surface area contributed by atoms with Gasteiger partial charge in [-0.2, -0.15) is 0 Å². The number of nitrogens with one attached hydrogen (secondary N) is 1. The van der Waals surface area contributed by atoms with Gasteiger partial charge in [0, 0.05) is 17.9 Å². The van der Waals surface area contributed by atoms with E-state index in [1.165, 1.54) is 0 Å². The van der Waals surface area contributed by atoms with E-state index in [2.05, 4.69) is 30.3 Å². The van der Waals surface area contributed by atoms with Crippen molar-refractivity contribution >= 4 is 12.2 Å². The maximum atomic E-state index is 5.17. The second-order valence-corrected chi connectivity index (χ2v) is 3.73. The molecule has 0 saturated heterocycles. The van der Waals surface area contributed by atoms with Crippen molar-refractivity contribution in [2.45, 2.75) is 39.2 Å². The van der Waals surface area contributed by atoms with Crippen LogP contribution in [0.2, 0.25) is 0 Å². The lowest BCUT2D eigenvalue weighted by molar-refractivity contribution is 0.290. The predicted molar refractivity (Wildman–Crippen MR) is 53.8 cm³/mol. The summed E-state index contributed by atoms with van der Waals surface area (Å²) >= 11 is 5.17. The zero-order valence-electron chi connectivity index (χ0n) is 7.92. The van der Waals surface area contributed by atoms with E-state index in [1.54, 1.807) is 0 Å². The van der Waals surface area contributed by atoms with E-state index < -0.39 is 0 Å². The Morgan fingerprint density at radius 1 is 1.50 bits per heavy atom. The molecule has 68 valence electrons. The van der Waals surface area contributed by atoms with Crippen LogP contribution in [0.25, 0.3) is 0 Å². The van der Waals surface area contributed by atoms with Gasteiger partial charge in [-0.3, -0.25) is 0 Å². The molecule has 0 amide bonds. The highest BCUT2D eigenvalue weighted by atomic mass is 32.1. The van der Waals surface area contributed by atoms with Crippen molar-refractivity contribution in [3.05, 3.63) is 17.2 Å². The van der Waals surface area contributed by atoms with Crippen LogP contribution in [-0.2, 0) is 5.54 Å². The molecule has 1 N–H and O–H groups in total. The molecule has 0 aliphatic rings. The summed E-state index contributed by atoms with van der Waals surface area (Å²) in [5.74, 6) is 0. The van der Waals surface area contributed by atoms with Crippen LogP contribution in [-0.4, -0.2) is 9.55 Å². The van der Waals surface area contributed by atoms with Crippen LogP contribution in [0, 0.1) is 4.77 Å². The fourth-order valence-corrected chi connectivity index (χ4v) is 1.69. The summed E-state index contributed by atoms with van der Waals surface area (Å²) in [5, 5.41) is 0. The monoisotopic (exact) mass is 184 g/mol. The van der Waals surface area contributed by atoms with Gasteiger partial charge in [-0.05, 0) is 32.0 Å². The third-order valence-electron chi connectivity index (χ3n) is 2.75. The van der Waals surface area contributed by atoms with Crippen molar-refractivity contribution < 1.29 is 0 Å². The topological polar surface area (TPSA) is 20.7 Å². The molecule has 0 aliphatic heterocycles. The minimum Gasteiger partial charge on any atom is -0.337 e. The number of aromatic amines is 1. The maximum Gasteiger partial charge on any atom is 0.177 e. The van der Waals surface area contributed by atoms with Crippen LogP contribution in [0.3, 0.4) is 0 Å². The number of hydrogen-bond donors (Lipinski definition) is 1. The average Bonchev–Trinajstić information content (AvgIpc) is 2.51. The highest BCUT2D eigenvalue weighted by Crippen LogP contribution is 2.24. The van der Waals surface area contributed by atoms with Gasteiger partial charge in [0.25, 0.3) is 0 Å². The van der Waals surface area contributed by atoms with Gasteiger partial charge in [0.05, 0.1) is 0 Å². The number of nitrogens with zero attached hydrogens (tertiary/aromatic N) is 1. The van der Waals surface area contributed by atoms with Crippen LogP contribution >= 0.6 is 12.2 Å². The van der Waals surface area contributed by atoms with Crippen LogP contribution in [0.5, 0.6) is 0 Å². The molecule has 3 heteroatoms. The Labute approximate surface area is 78.6 Å². The van der Waals surface area contributed by atoms with Crippen molar-refractivity contribution in [1.29, 1.82) is 0 Å². The number of H-pyrrole nitrogens is 1. The first kappa shape index (κ1) is 9.52. The fourth-order valence-electron chi connectivity index (χ4n) is 1.34. The van der Waals surface area contributed by atoms with Crippen molar-refractivity contribution in [3.63, 3.8) is 0 Å². The lowest BCUT2D eigenvalue weighted by atomic mass is 9.95. The Bertz CT molecular complexity index is 293. The fraction of sp³-hybridized carbons (Fsp3) is 0.667. The minimum absolute atomic E-state index is 0.178. The van der Waals surface area contributed by atoms with Crippen molar-refractivity contribution in [2.24, 2.45) is 0 Å². The maximum absolute atomic E-state index is 5.17. The van der Waals surface area contributed by atoms with Gasteiger partial charge >= 0.3 is 0 Å². The zero-order chi connectivity index (χ0) is 9.19. The summed E-state index contributed by atoms with van der Waals surface area (Å²) in [6.07, 6.45) is 6.13. The first-order valence-corrected chi connectivity index (χ1v) is 4.81. The lowest BCUT2D eigenvalue weighted by Crippen LogP contribution is -2.27. The van der Waals surface area contributed by atoms with E-state index >= 15 is 0 Å². The normalized spacial score (nSPS) is 11.9. The van der Waals surface area contributed by atoms with Gasteiger partial charge in [0.2, 0.25) is 0 Å². The van der Waals surface area contributed by atoms with Gasteiger partial charge < -0.3 is 9.55 Å². The summed E-state index contributed by atoms with van der Waals surface area (Å²) in [6, 6.07) is 0. The molecule has 1 aromatic rings.